The van der Waals surface area contributed by atoms with Gasteiger partial charge in [-0.3, -0.25) is 0 Å². The lowest BCUT2D eigenvalue weighted by molar-refractivity contribution is -0.0985. The number of aryl methyl sites for hydroxylation is 1. The Kier molecular flexibility index (Phi) is 6.01. The van der Waals surface area contributed by atoms with Gasteiger partial charge in [-0.15, -0.1) is 0 Å². The molecule has 1 aromatic carbocycles. The molecule has 92 valence electrons. The maximum Gasteiger partial charge on any atom is 0.275 e. The summed E-state index contributed by atoms with van der Waals surface area (Å²) in [6.07, 6.45) is -1.66. The normalized spacial score (nSPS) is 15.4. The van der Waals surface area contributed by atoms with E-state index in [0.29, 0.717) is 5.75 Å². The van der Waals surface area contributed by atoms with Gasteiger partial charge in [-0.1, -0.05) is 26.0 Å². The predicted molar refractivity (Wildman–Crippen MR) is 63.2 cm³/mol. The topological polar surface area (TPSA) is 9.23 Å². The molecule has 0 heterocycles. The highest BCUT2D eigenvalue weighted by atomic mass is 19.2. The van der Waals surface area contributed by atoms with Crippen molar-refractivity contribution in [3.05, 3.63) is 29.8 Å². The van der Waals surface area contributed by atoms with Crippen LogP contribution in [0.25, 0.3) is 0 Å². The Balaban J connectivity index is 0.00000106. The minimum absolute atomic E-state index is 0.347. The Morgan fingerprint density at radius 2 is 1.88 bits per heavy atom. The van der Waals surface area contributed by atoms with Crippen LogP contribution in [0.2, 0.25) is 0 Å². The van der Waals surface area contributed by atoms with E-state index in [2.05, 4.69) is 0 Å². The smallest absolute Gasteiger partial charge is 0.275 e. The third kappa shape index (κ3) is 4.60. The van der Waals surface area contributed by atoms with Crippen molar-refractivity contribution in [1.82, 2.24) is 0 Å². The van der Waals surface area contributed by atoms with Gasteiger partial charge in [0.15, 0.2) is 6.17 Å². The summed E-state index contributed by atoms with van der Waals surface area (Å²) in [7, 11) is 0. The number of benzene rings is 1. The first-order valence-corrected chi connectivity index (χ1v) is 5.50. The summed E-state index contributed by atoms with van der Waals surface area (Å²) in [5, 5.41) is 0. The molecule has 0 amide bonds. The van der Waals surface area contributed by atoms with Crippen LogP contribution < -0.4 is 4.74 Å². The lowest BCUT2D eigenvalue weighted by Gasteiger charge is -2.23. The first-order chi connectivity index (χ1) is 7.42. The van der Waals surface area contributed by atoms with Crippen LogP contribution in [0.15, 0.2) is 24.3 Å². The van der Waals surface area contributed by atoms with Gasteiger partial charge in [0.1, 0.15) is 5.75 Å². The third-order valence-electron chi connectivity index (χ3n) is 2.02. The molecule has 0 aromatic heterocycles. The van der Waals surface area contributed by atoms with Crippen molar-refractivity contribution in [3.8, 4) is 5.75 Å². The van der Waals surface area contributed by atoms with E-state index in [1.807, 2.05) is 26.8 Å². The lowest BCUT2D eigenvalue weighted by Crippen LogP contribution is -2.35. The van der Waals surface area contributed by atoms with E-state index in [1.54, 1.807) is 18.2 Å². The minimum Gasteiger partial charge on any atom is -0.455 e. The number of rotatable bonds is 3. The van der Waals surface area contributed by atoms with Gasteiger partial charge in [-0.2, -0.15) is 4.39 Å². The van der Waals surface area contributed by atoms with Gasteiger partial charge in [-0.25, -0.2) is 4.39 Å². The number of halogens is 2. The van der Waals surface area contributed by atoms with E-state index in [-0.39, 0.29) is 0 Å². The van der Waals surface area contributed by atoms with Crippen molar-refractivity contribution in [2.24, 2.45) is 0 Å². The van der Waals surface area contributed by atoms with E-state index >= 15 is 0 Å². The molecule has 0 spiro atoms. The van der Waals surface area contributed by atoms with Gasteiger partial charge in [0.25, 0.3) is 5.85 Å². The molecule has 0 bridgehead atoms. The molecule has 1 rings (SSSR count). The van der Waals surface area contributed by atoms with Crippen LogP contribution >= 0.6 is 0 Å². The van der Waals surface area contributed by atoms with Crippen molar-refractivity contribution < 1.29 is 13.5 Å². The molecule has 0 aliphatic carbocycles. The van der Waals surface area contributed by atoms with Crippen LogP contribution in [0.5, 0.6) is 5.75 Å². The molecule has 0 saturated heterocycles. The molecule has 16 heavy (non-hydrogen) atoms. The molecule has 0 aliphatic heterocycles. The summed E-state index contributed by atoms with van der Waals surface area (Å²) in [6.45, 7) is 8.08. The molecule has 0 saturated carbocycles. The van der Waals surface area contributed by atoms with Gasteiger partial charge in [0.05, 0.1) is 0 Å². The molecular formula is C13H20F2O. The average molecular weight is 230 g/mol. The predicted octanol–water partition coefficient (Wildman–Crippen LogP) is 4.44. The summed E-state index contributed by atoms with van der Waals surface area (Å²) in [6, 6.07) is 6.87. The Bertz CT molecular complexity index is 309. The fourth-order valence-electron chi connectivity index (χ4n) is 0.990. The molecular weight excluding hydrogens is 210 g/mol. The monoisotopic (exact) mass is 230 g/mol. The SMILES string of the molecule is CC.Cc1cccc(OC(C)(F)C(C)F)c1. The standard InChI is InChI=1S/C11H14F2O.C2H6/c1-8-5-4-6-10(7-8)14-11(3,13)9(2)12;1-2/h4-7,9H,1-3H3;1-2H3. The molecule has 3 heteroatoms. The summed E-state index contributed by atoms with van der Waals surface area (Å²) in [5.74, 6) is -1.92. The summed E-state index contributed by atoms with van der Waals surface area (Å²) in [4.78, 5) is 0. The molecule has 1 aromatic rings. The van der Waals surface area contributed by atoms with Crippen LogP contribution in [0.4, 0.5) is 8.78 Å². The Hall–Kier alpha value is -1.12. The van der Waals surface area contributed by atoms with Gasteiger partial charge in [0, 0.05) is 6.92 Å². The van der Waals surface area contributed by atoms with E-state index in [4.69, 9.17) is 4.74 Å². The molecule has 2 unspecified atom stereocenters. The number of ether oxygens (including phenoxy) is 1. The van der Waals surface area contributed by atoms with E-state index < -0.39 is 12.0 Å². The first-order valence-electron chi connectivity index (χ1n) is 5.50. The zero-order chi connectivity index (χ0) is 12.8. The van der Waals surface area contributed by atoms with Crippen molar-refractivity contribution in [2.45, 2.75) is 46.6 Å². The minimum atomic E-state index is -2.27. The maximum absolute atomic E-state index is 13.4. The molecule has 0 fully saturated rings. The fourth-order valence-corrected chi connectivity index (χ4v) is 0.990. The van der Waals surface area contributed by atoms with Crippen LogP contribution in [0.3, 0.4) is 0 Å². The van der Waals surface area contributed by atoms with Gasteiger partial charge in [-0.05, 0) is 31.5 Å². The van der Waals surface area contributed by atoms with Crippen molar-refractivity contribution >= 4 is 0 Å². The highest BCUT2D eigenvalue weighted by Crippen LogP contribution is 2.24. The Morgan fingerprint density at radius 3 is 2.31 bits per heavy atom. The average Bonchev–Trinajstić information content (AvgIpc) is 2.19. The molecule has 2 atom stereocenters. The van der Waals surface area contributed by atoms with Gasteiger partial charge in [0.2, 0.25) is 0 Å². The second kappa shape index (κ2) is 6.46. The molecule has 0 aliphatic rings. The fraction of sp³-hybridized carbons (Fsp3) is 0.538. The largest absolute Gasteiger partial charge is 0.455 e. The van der Waals surface area contributed by atoms with E-state index in [9.17, 15) is 8.78 Å². The Labute approximate surface area is 96.4 Å². The number of hydrogen-bond acceptors (Lipinski definition) is 1. The van der Waals surface area contributed by atoms with E-state index in [0.717, 1.165) is 19.4 Å². The summed E-state index contributed by atoms with van der Waals surface area (Å²) >= 11 is 0. The zero-order valence-corrected chi connectivity index (χ0v) is 10.6. The number of hydrogen-bond donors (Lipinski definition) is 0. The van der Waals surface area contributed by atoms with E-state index in [1.165, 1.54) is 0 Å². The van der Waals surface area contributed by atoms with Gasteiger partial charge < -0.3 is 4.74 Å². The quantitative estimate of drug-likeness (QED) is 0.745. The second-order valence-corrected chi connectivity index (χ2v) is 3.52. The van der Waals surface area contributed by atoms with Crippen LogP contribution in [-0.2, 0) is 0 Å². The lowest BCUT2D eigenvalue weighted by atomic mass is 10.2. The van der Waals surface area contributed by atoms with Crippen LogP contribution in [0.1, 0.15) is 33.3 Å². The molecule has 1 nitrogen and oxygen atoms in total. The van der Waals surface area contributed by atoms with Crippen LogP contribution in [0, 0.1) is 6.92 Å². The molecule has 0 radical (unpaired) electrons. The first kappa shape index (κ1) is 14.9. The maximum atomic E-state index is 13.4. The number of alkyl halides is 2. The molecule has 0 N–H and O–H groups in total. The zero-order valence-electron chi connectivity index (χ0n) is 10.6. The van der Waals surface area contributed by atoms with Crippen LogP contribution in [-0.4, -0.2) is 12.0 Å². The highest BCUT2D eigenvalue weighted by Gasteiger charge is 2.33. The summed E-state index contributed by atoms with van der Waals surface area (Å²) in [5.41, 5.74) is 0.949. The third-order valence-corrected chi connectivity index (χ3v) is 2.02. The van der Waals surface area contributed by atoms with Crippen molar-refractivity contribution in [3.63, 3.8) is 0 Å². The second-order valence-electron chi connectivity index (χ2n) is 3.52. The summed E-state index contributed by atoms with van der Waals surface area (Å²) < 4.78 is 31.1. The van der Waals surface area contributed by atoms with Crippen molar-refractivity contribution in [1.29, 1.82) is 0 Å². The highest BCUT2D eigenvalue weighted by molar-refractivity contribution is 5.27. The Morgan fingerprint density at radius 1 is 1.31 bits per heavy atom. The van der Waals surface area contributed by atoms with Crippen molar-refractivity contribution in [2.75, 3.05) is 0 Å². The van der Waals surface area contributed by atoms with Gasteiger partial charge >= 0.3 is 0 Å².